The summed E-state index contributed by atoms with van der Waals surface area (Å²) in [5.74, 6) is 2.26. The Morgan fingerprint density at radius 2 is 1.56 bits per heavy atom. The fourth-order valence-electron chi connectivity index (χ4n) is 6.45. The van der Waals surface area contributed by atoms with Gasteiger partial charge in [-0.2, -0.15) is 21.6 Å². The Bertz CT molecular complexity index is 1410. The molecule has 0 aliphatic heterocycles. The van der Waals surface area contributed by atoms with Crippen molar-refractivity contribution in [1.82, 2.24) is 9.97 Å². The van der Waals surface area contributed by atoms with Crippen LogP contribution in [0.5, 0.6) is 5.75 Å². The minimum atomic E-state index is -5.72. The highest BCUT2D eigenvalue weighted by atomic mass is 32.2. The number of aromatic nitrogens is 2. The van der Waals surface area contributed by atoms with E-state index in [2.05, 4.69) is 21.1 Å². The second kappa shape index (κ2) is 8.36. The first-order chi connectivity index (χ1) is 17.1. The maximum Gasteiger partial charge on any atom is 0.534 e. The zero-order valence-corrected chi connectivity index (χ0v) is 20.6. The number of halogens is 3. The zero-order valence-electron chi connectivity index (χ0n) is 19.8. The largest absolute Gasteiger partial charge is 0.534 e. The Balaban J connectivity index is 1.31. The van der Waals surface area contributed by atoms with Crippen LogP contribution in [0.4, 0.5) is 13.2 Å². The Labute approximate surface area is 208 Å². The van der Waals surface area contributed by atoms with Crippen molar-refractivity contribution in [1.29, 1.82) is 0 Å². The van der Waals surface area contributed by atoms with Crippen LogP contribution in [0.25, 0.3) is 22.4 Å². The maximum atomic E-state index is 13.0. The van der Waals surface area contributed by atoms with Gasteiger partial charge in [0, 0.05) is 11.5 Å². The van der Waals surface area contributed by atoms with Crippen LogP contribution in [0, 0.1) is 5.92 Å². The van der Waals surface area contributed by atoms with Gasteiger partial charge in [0.1, 0.15) is 11.6 Å². The topological polar surface area (TPSA) is 72.0 Å². The van der Waals surface area contributed by atoms with Crippen LogP contribution in [-0.2, 0) is 10.1 Å². The number of hydrogen-bond donors (Lipinski definition) is 1. The Kier molecular flexibility index (Phi) is 5.48. The Morgan fingerprint density at radius 1 is 0.889 bits per heavy atom. The van der Waals surface area contributed by atoms with E-state index in [0.717, 1.165) is 71.8 Å². The van der Waals surface area contributed by atoms with E-state index in [-0.39, 0.29) is 17.6 Å². The third kappa shape index (κ3) is 3.92. The monoisotopic (exact) mass is 516 g/mol. The molecule has 3 aliphatic rings. The molecule has 2 unspecified atom stereocenters. The highest BCUT2D eigenvalue weighted by Crippen LogP contribution is 2.58. The number of aromatic amines is 1. The molecule has 0 saturated heterocycles. The van der Waals surface area contributed by atoms with Crippen LogP contribution in [0.1, 0.15) is 80.2 Å². The molecule has 2 saturated carbocycles. The normalized spacial score (nSPS) is 25.3. The van der Waals surface area contributed by atoms with Gasteiger partial charge in [-0.15, -0.1) is 0 Å². The van der Waals surface area contributed by atoms with Crippen molar-refractivity contribution in [3.63, 3.8) is 0 Å². The first-order valence-corrected chi connectivity index (χ1v) is 13.8. The van der Waals surface area contributed by atoms with E-state index in [1.807, 2.05) is 30.5 Å². The minimum Gasteiger partial charge on any atom is -0.376 e. The van der Waals surface area contributed by atoms with Crippen LogP contribution in [0.15, 0.2) is 42.6 Å². The molecule has 6 rings (SSSR count). The molecule has 2 aromatic carbocycles. The Hall–Kier alpha value is -2.81. The highest BCUT2D eigenvalue weighted by molar-refractivity contribution is 7.88. The van der Waals surface area contributed by atoms with Gasteiger partial charge < -0.3 is 9.17 Å². The molecule has 0 amide bonds. The smallest absolute Gasteiger partial charge is 0.376 e. The van der Waals surface area contributed by atoms with Gasteiger partial charge in [0.25, 0.3) is 0 Å². The molecule has 0 spiro atoms. The van der Waals surface area contributed by atoms with Crippen molar-refractivity contribution in [2.24, 2.45) is 5.92 Å². The minimum absolute atomic E-state index is 0.0179. The van der Waals surface area contributed by atoms with E-state index in [9.17, 15) is 21.6 Å². The van der Waals surface area contributed by atoms with Crippen molar-refractivity contribution >= 4 is 10.1 Å². The molecule has 1 aromatic heterocycles. The van der Waals surface area contributed by atoms with Crippen LogP contribution >= 0.6 is 0 Å². The fraction of sp³-hybridized carbons (Fsp3) is 0.444. The number of benzene rings is 2. The van der Waals surface area contributed by atoms with Crippen LogP contribution in [0.2, 0.25) is 0 Å². The summed E-state index contributed by atoms with van der Waals surface area (Å²) in [6.45, 7) is 2.28. The fourth-order valence-corrected chi connectivity index (χ4v) is 6.92. The first-order valence-electron chi connectivity index (χ1n) is 12.4. The second-order valence-corrected chi connectivity index (χ2v) is 12.0. The number of imidazole rings is 1. The summed E-state index contributed by atoms with van der Waals surface area (Å²) in [6, 6.07) is 11.1. The van der Waals surface area contributed by atoms with Crippen molar-refractivity contribution in [2.75, 3.05) is 0 Å². The molecule has 3 aromatic rings. The van der Waals surface area contributed by atoms with Gasteiger partial charge in [0.2, 0.25) is 0 Å². The SMILES string of the molecule is C[C@@H]1CC[C@H](c2ncc(-c3ccc(-c4ccc(OS(=O)(=O)C(F)(F)F)c5c4C4CCC5C4)cc3)[nH]2)C1. The molecule has 36 heavy (non-hydrogen) atoms. The van der Waals surface area contributed by atoms with Gasteiger partial charge in [-0.05, 0) is 84.6 Å². The number of fused-ring (bicyclic) bond motifs is 5. The lowest BCUT2D eigenvalue weighted by Crippen LogP contribution is -2.28. The van der Waals surface area contributed by atoms with Crippen LogP contribution in [-0.4, -0.2) is 23.9 Å². The molecule has 0 radical (unpaired) electrons. The molecule has 3 aliphatic carbocycles. The van der Waals surface area contributed by atoms with Gasteiger partial charge in [0.15, 0.2) is 0 Å². The quantitative estimate of drug-likeness (QED) is 0.287. The molecule has 1 N–H and O–H groups in total. The maximum absolute atomic E-state index is 13.0. The number of H-pyrrole nitrogens is 1. The van der Waals surface area contributed by atoms with Crippen molar-refractivity contribution in [3.05, 3.63) is 59.5 Å². The predicted molar refractivity (Wildman–Crippen MR) is 130 cm³/mol. The average molecular weight is 517 g/mol. The highest BCUT2D eigenvalue weighted by Gasteiger charge is 2.50. The summed E-state index contributed by atoms with van der Waals surface area (Å²) >= 11 is 0. The standard InChI is InChI=1S/C27H27F3N2O3S/c1-15-2-3-20(12-15)26-31-14-22(32-26)17-6-4-16(5-7-17)21-10-11-23(35-36(33,34)27(28,29)30)25-19-9-8-18(13-19)24(21)25/h4-7,10-11,14-15,18-20H,2-3,8-9,12-13H2,1H3,(H,31,32)/t15-,18?,19?,20+/m1/s1. The summed E-state index contributed by atoms with van der Waals surface area (Å²) in [7, 11) is -5.72. The lowest BCUT2D eigenvalue weighted by Gasteiger charge is -2.22. The lowest BCUT2D eigenvalue weighted by molar-refractivity contribution is -0.0500. The van der Waals surface area contributed by atoms with Gasteiger partial charge in [-0.25, -0.2) is 4.98 Å². The number of rotatable bonds is 5. The first kappa shape index (κ1) is 23.6. The van der Waals surface area contributed by atoms with E-state index in [0.29, 0.717) is 11.5 Å². The lowest BCUT2D eigenvalue weighted by atomic mass is 9.85. The number of alkyl halides is 3. The number of nitrogens with zero attached hydrogens (tertiary/aromatic N) is 1. The van der Waals surface area contributed by atoms with E-state index >= 15 is 0 Å². The van der Waals surface area contributed by atoms with Gasteiger partial charge >= 0.3 is 15.6 Å². The predicted octanol–water partition coefficient (Wildman–Crippen LogP) is 7.24. The molecule has 1 heterocycles. The van der Waals surface area contributed by atoms with Crippen molar-refractivity contribution in [3.8, 4) is 28.1 Å². The van der Waals surface area contributed by atoms with Crippen LogP contribution in [0.3, 0.4) is 0 Å². The average Bonchev–Trinajstić information content (AvgIpc) is 3.63. The molecule has 190 valence electrons. The number of nitrogens with one attached hydrogen (secondary N) is 1. The van der Waals surface area contributed by atoms with Gasteiger partial charge in [-0.1, -0.05) is 37.3 Å². The Morgan fingerprint density at radius 3 is 2.22 bits per heavy atom. The van der Waals surface area contributed by atoms with E-state index < -0.39 is 15.6 Å². The second-order valence-electron chi connectivity index (χ2n) is 10.5. The molecule has 2 bridgehead atoms. The summed E-state index contributed by atoms with van der Waals surface area (Å²) in [6.07, 6.45) is 7.99. The molecular weight excluding hydrogens is 489 g/mol. The summed E-state index contributed by atoms with van der Waals surface area (Å²) < 4.78 is 66.9. The summed E-state index contributed by atoms with van der Waals surface area (Å²) in [5, 5.41) is 0. The van der Waals surface area contributed by atoms with E-state index in [1.54, 1.807) is 6.07 Å². The van der Waals surface area contributed by atoms with E-state index in [1.165, 1.54) is 12.5 Å². The molecule has 2 fully saturated rings. The zero-order chi connectivity index (χ0) is 25.2. The van der Waals surface area contributed by atoms with Gasteiger partial charge in [-0.3, -0.25) is 0 Å². The third-order valence-electron chi connectivity index (χ3n) is 8.16. The van der Waals surface area contributed by atoms with Crippen LogP contribution < -0.4 is 4.18 Å². The van der Waals surface area contributed by atoms with Crippen molar-refractivity contribution < 1.29 is 25.8 Å². The summed E-state index contributed by atoms with van der Waals surface area (Å²) in [4.78, 5) is 8.10. The molecule has 4 atom stereocenters. The van der Waals surface area contributed by atoms with Gasteiger partial charge in [0.05, 0.1) is 11.9 Å². The van der Waals surface area contributed by atoms with Crippen molar-refractivity contribution in [2.45, 2.75) is 68.7 Å². The number of hydrogen-bond acceptors (Lipinski definition) is 4. The molecular formula is C27H27F3N2O3S. The molecule has 9 heteroatoms. The third-order valence-corrected chi connectivity index (χ3v) is 9.13. The van der Waals surface area contributed by atoms with E-state index in [4.69, 9.17) is 0 Å². The summed E-state index contributed by atoms with van der Waals surface area (Å²) in [5.41, 5.74) is -0.0887. The molecule has 5 nitrogen and oxygen atoms in total.